The van der Waals surface area contributed by atoms with Crippen molar-refractivity contribution in [3.8, 4) is 5.75 Å². The lowest BCUT2D eigenvalue weighted by Gasteiger charge is -2.36. The molecule has 10 heteroatoms. The van der Waals surface area contributed by atoms with E-state index in [0.717, 1.165) is 43.3 Å². The summed E-state index contributed by atoms with van der Waals surface area (Å²) in [5.41, 5.74) is 0. The van der Waals surface area contributed by atoms with Crippen LogP contribution in [0.5, 0.6) is 5.75 Å². The Hall–Kier alpha value is -1.68. The average molecular weight is 463 g/mol. The molecular formula is C21H29F3N2O4S. The fraction of sp³-hybridized carbons (Fsp3) is 0.714. The summed E-state index contributed by atoms with van der Waals surface area (Å²) in [4.78, 5) is 18.4. The molecule has 1 aliphatic heterocycles. The highest BCUT2D eigenvalue weighted by Gasteiger charge is 2.40. The zero-order valence-electron chi connectivity index (χ0n) is 17.8. The molecule has 31 heavy (non-hydrogen) atoms. The van der Waals surface area contributed by atoms with Crippen molar-refractivity contribution in [2.45, 2.75) is 80.9 Å². The van der Waals surface area contributed by atoms with Crippen molar-refractivity contribution in [1.29, 1.82) is 0 Å². The molecule has 1 saturated heterocycles. The van der Waals surface area contributed by atoms with E-state index in [2.05, 4.69) is 9.72 Å². The number of aromatic nitrogens is 1. The molecule has 1 saturated carbocycles. The topological polar surface area (TPSA) is 60.9 Å². The second-order valence-electron chi connectivity index (χ2n) is 7.93. The molecule has 1 aromatic rings. The lowest BCUT2D eigenvalue weighted by atomic mass is 9.94. The Morgan fingerprint density at radius 2 is 1.74 bits per heavy atom. The Bertz CT molecular complexity index is 721. The largest absolute Gasteiger partial charge is 0.489 e. The van der Waals surface area contributed by atoms with Gasteiger partial charge < -0.3 is 19.1 Å². The van der Waals surface area contributed by atoms with Crippen LogP contribution >= 0.6 is 11.8 Å². The summed E-state index contributed by atoms with van der Waals surface area (Å²) in [5.74, 6) is 0.867. The molecule has 1 atom stereocenters. The van der Waals surface area contributed by atoms with Crippen LogP contribution in [0.4, 0.5) is 18.0 Å². The van der Waals surface area contributed by atoms with Gasteiger partial charge in [-0.15, -0.1) is 11.8 Å². The summed E-state index contributed by atoms with van der Waals surface area (Å²) in [6.45, 7) is 1.52. The molecule has 0 spiro atoms. The molecule has 2 heterocycles. The normalized spacial score (nSPS) is 24.0. The Labute approximate surface area is 184 Å². The molecule has 1 amide bonds. The lowest BCUT2D eigenvalue weighted by Crippen LogP contribution is -2.44. The second-order valence-corrected chi connectivity index (χ2v) is 8.78. The van der Waals surface area contributed by atoms with Crippen molar-refractivity contribution >= 4 is 17.9 Å². The minimum absolute atomic E-state index is 0.00912. The standard InChI is InChI=1S/C21H29F3N2O4S/c1-14(21(22,23)24)28-20(27)26-11-8-17(9-12-26)29-15-3-5-16(6-4-15)30-18-7-10-25-13-19(18)31-2/h7,10,13-17H,3-6,8-9,11-12H2,1-2H3/t14-,15?,16?/m1/s1. The van der Waals surface area contributed by atoms with Crippen LogP contribution in [0, 0.1) is 0 Å². The Balaban J connectivity index is 1.37. The van der Waals surface area contributed by atoms with Gasteiger partial charge in [-0.05, 0) is 57.8 Å². The Morgan fingerprint density at radius 3 is 2.35 bits per heavy atom. The quantitative estimate of drug-likeness (QED) is 0.551. The van der Waals surface area contributed by atoms with Crippen molar-refractivity contribution in [2.24, 2.45) is 0 Å². The summed E-state index contributed by atoms with van der Waals surface area (Å²) in [6.07, 6.45) is 3.07. The molecule has 2 aliphatic rings. The number of hydrogen-bond acceptors (Lipinski definition) is 6. The van der Waals surface area contributed by atoms with Crippen molar-refractivity contribution in [1.82, 2.24) is 9.88 Å². The van der Waals surface area contributed by atoms with E-state index in [4.69, 9.17) is 9.47 Å². The van der Waals surface area contributed by atoms with Gasteiger partial charge in [0, 0.05) is 25.5 Å². The van der Waals surface area contributed by atoms with E-state index in [1.54, 1.807) is 24.2 Å². The number of ether oxygens (including phenoxy) is 3. The monoisotopic (exact) mass is 462 g/mol. The molecule has 0 N–H and O–H groups in total. The predicted octanol–water partition coefficient (Wildman–Crippen LogP) is 5.06. The third-order valence-electron chi connectivity index (χ3n) is 5.71. The molecule has 174 valence electrons. The average Bonchev–Trinajstić information content (AvgIpc) is 2.75. The van der Waals surface area contributed by atoms with Gasteiger partial charge in [0.2, 0.25) is 0 Å². The molecule has 1 aromatic heterocycles. The molecule has 0 unspecified atom stereocenters. The van der Waals surface area contributed by atoms with Crippen molar-refractivity contribution in [2.75, 3.05) is 19.3 Å². The number of rotatable bonds is 6. The maximum absolute atomic E-state index is 12.6. The number of carbonyl (C=O) groups is 1. The molecule has 6 nitrogen and oxygen atoms in total. The van der Waals surface area contributed by atoms with E-state index >= 15 is 0 Å². The fourth-order valence-corrected chi connectivity index (χ4v) is 4.31. The van der Waals surface area contributed by atoms with Gasteiger partial charge in [0.25, 0.3) is 0 Å². The number of alkyl halides is 3. The van der Waals surface area contributed by atoms with Crippen LogP contribution in [0.1, 0.15) is 45.4 Å². The molecule has 0 bridgehead atoms. The maximum atomic E-state index is 12.6. The first kappa shape index (κ1) is 24.0. The number of nitrogens with zero attached hydrogens (tertiary/aromatic N) is 2. The summed E-state index contributed by atoms with van der Waals surface area (Å²) in [7, 11) is 0. The summed E-state index contributed by atoms with van der Waals surface area (Å²) < 4.78 is 54.6. The maximum Gasteiger partial charge on any atom is 0.425 e. The SMILES string of the molecule is CSc1cnccc1OC1CCC(OC2CCN(C(=O)O[C@H](C)C(F)(F)F)CC2)CC1. The van der Waals surface area contributed by atoms with Gasteiger partial charge in [0.15, 0.2) is 6.10 Å². The van der Waals surface area contributed by atoms with Gasteiger partial charge in [-0.25, -0.2) is 4.79 Å². The zero-order valence-corrected chi connectivity index (χ0v) is 18.6. The van der Waals surface area contributed by atoms with E-state index < -0.39 is 18.4 Å². The second kappa shape index (κ2) is 10.8. The minimum atomic E-state index is -4.55. The van der Waals surface area contributed by atoms with Gasteiger partial charge in [-0.1, -0.05) is 0 Å². The van der Waals surface area contributed by atoms with Gasteiger partial charge >= 0.3 is 12.3 Å². The molecule has 1 aliphatic carbocycles. The van der Waals surface area contributed by atoms with E-state index in [1.165, 1.54) is 4.90 Å². The van der Waals surface area contributed by atoms with E-state index in [0.29, 0.717) is 25.9 Å². The molecule has 3 rings (SSSR count). The van der Waals surface area contributed by atoms with Crippen LogP contribution < -0.4 is 4.74 Å². The van der Waals surface area contributed by atoms with Crippen LogP contribution in [0.2, 0.25) is 0 Å². The van der Waals surface area contributed by atoms with E-state index in [1.807, 2.05) is 12.3 Å². The number of carbonyl (C=O) groups excluding carboxylic acids is 1. The highest BCUT2D eigenvalue weighted by Crippen LogP contribution is 2.32. The summed E-state index contributed by atoms with van der Waals surface area (Å²) in [5, 5.41) is 0. The molecule has 2 fully saturated rings. The molecule has 0 aromatic carbocycles. The van der Waals surface area contributed by atoms with Crippen LogP contribution in [0.25, 0.3) is 0 Å². The van der Waals surface area contributed by atoms with Crippen LogP contribution in [0.3, 0.4) is 0 Å². The highest BCUT2D eigenvalue weighted by molar-refractivity contribution is 7.98. The summed E-state index contributed by atoms with van der Waals surface area (Å²) in [6, 6.07) is 1.89. The number of hydrogen-bond donors (Lipinski definition) is 0. The van der Waals surface area contributed by atoms with Crippen molar-refractivity contribution in [3.05, 3.63) is 18.5 Å². The minimum Gasteiger partial charge on any atom is -0.489 e. The third kappa shape index (κ3) is 6.90. The zero-order chi connectivity index (χ0) is 22.4. The van der Waals surface area contributed by atoms with E-state index in [9.17, 15) is 18.0 Å². The number of amides is 1. The number of thioether (sulfide) groups is 1. The van der Waals surface area contributed by atoms with Gasteiger partial charge in [0.1, 0.15) is 5.75 Å². The predicted molar refractivity (Wildman–Crippen MR) is 110 cm³/mol. The van der Waals surface area contributed by atoms with Crippen LogP contribution in [-0.2, 0) is 9.47 Å². The number of halogens is 3. The smallest absolute Gasteiger partial charge is 0.425 e. The fourth-order valence-electron chi connectivity index (χ4n) is 3.82. The Morgan fingerprint density at radius 1 is 1.13 bits per heavy atom. The van der Waals surface area contributed by atoms with Crippen LogP contribution in [0.15, 0.2) is 23.4 Å². The molecular weight excluding hydrogens is 433 g/mol. The van der Waals surface area contributed by atoms with Crippen molar-refractivity contribution < 1.29 is 32.2 Å². The third-order valence-corrected chi connectivity index (χ3v) is 6.45. The first-order chi connectivity index (χ1) is 14.8. The first-order valence-electron chi connectivity index (χ1n) is 10.6. The van der Waals surface area contributed by atoms with E-state index in [-0.39, 0.29) is 18.3 Å². The first-order valence-corrected chi connectivity index (χ1v) is 11.8. The number of piperidine rings is 1. The van der Waals surface area contributed by atoms with Crippen molar-refractivity contribution in [3.63, 3.8) is 0 Å². The lowest BCUT2D eigenvalue weighted by molar-refractivity contribution is -0.200. The van der Waals surface area contributed by atoms with Gasteiger partial charge in [-0.3, -0.25) is 4.98 Å². The van der Waals surface area contributed by atoms with Gasteiger partial charge in [0.05, 0.1) is 23.2 Å². The van der Waals surface area contributed by atoms with Crippen LogP contribution in [-0.4, -0.2) is 65.9 Å². The highest BCUT2D eigenvalue weighted by atomic mass is 32.2. The number of likely N-dealkylation sites (tertiary alicyclic amines) is 1. The molecule has 0 radical (unpaired) electrons. The summed E-state index contributed by atoms with van der Waals surface area (Å²) >= 11 is 1.61. The Kier molecular flexibility index (Phi) is 8.32. The number of pyridine rings is 1. The van der Waals surface area contributed by atoms with Gasteiger partial charge in [-0.2, -0.15) is 13.2 Å².